The van der Waals surface area contributed by atoms with Gasteiger partial charge in [-0.05, 0) is 31.5 Å². The van der Waals surface area contributed by atoms with E-state index >= 15 is 0 Å². The van der Waals surface area contributed by atoms with Crippen LogP contribution in [0.4, 0.5) is 0 Å². The molecule has 2 aliphatic heterocycles. The van der Waals surface area contributed by atoms with Crippen molar-refractivity contribution < 1.29 is 19.0 Å². The predicted octanol–water partition coefficient (Wildman–Crippen LogP) is 1.85. The average molecular weight is 277 g/mol. The topological polar surface area (TPSA) is 48.0 Å². The number of Topliss-reactive ketones (excluding diaryl/α,β-unsaturated/α-hetero) is 1. The van der Waals surface area contributed by atoms with Crippen molar-refractivity contribution >= 4 is 5.78 Å². The van der Waals surface area contributed by atoms with E-state index in [9.17, 15) is 4.79 Å². The minimum absolute atomic E-state index is 0.280. The second-order valence-electron chi connectivity index (χ2n) is 5.14. The second kappa shape index (κ2) is 6.13. The maximum Gasteiger partial charge on any atom is 0.231 e. The molecule has 1 fully saturated rings. The Morgan fingerprint density at radius 1 is 1.25 bits per heavy atom. The van der Waals surface area contributed by atoms with Crippen LogP contribution < -0.4 is 14.2 Å². The molecule has 1 aromatic carbocycles. The largest absolute Gasteiger partial charge is 0.493 e. The Bertz CT molecular complexity index is 489. The number of piperidine rings is 1. The van der Waals surface area contributed by atoms with Crippen LogP contribution in [0.25, 0.3) is 0 Å². The number of likely N-dealkylation sites (tertiary alicyclic amines) is 1. The Morgan fingerprint density at radius 2 is 2.15 bits per heavy atom. The van der Waals surface area contributed by atoms with Crippen LogP contribution in [-0.2, 0) is 4.79 Å². The molecule has 0 unspecified atom stereocenters. The van der Waals surface area contributed by atoms with E-state index in [1.165, 1.54) is 0 Å². The van der Waals surface area contributed by atoms with Crippen molar-refractivity contribution in [2.75, 3.05) is 33.0 Å². The standard InChI is InChI=1S/C15H19NO4/c17-12-3-1-6-16(10-12)7-2-8-18-13-4-5-14-15(9-13)20-11-19-14/h4-5,9H,1-3,6-8,10-11H2. The third-order valence-electron chi connectivity index (χ3n) is 3.56. The molecule has 2 heterocycles. The molecule has 1 aromatic rings. The first-order chi connectivity index (χ1) is 9.81. The monoisotopic (exact) mass is 277 g/mol. The van der Waals surface area contributed by atoms with Gasteiger partial charge in [0.1, 0.15) is 11.5 Å². The Morgan fingerprint density at radius 3 is 3.05 bits per heavy atom. The van der Waals surface area contributed by atoms with Crippen molar-refractivity contribution in [1.82, 2.24) is 4.90 Å². The van der Waals surface area contributed by atoms with Crippen molar-refractivity contribution in [3.05, 3.63) is 18.2 Å². The number of rotatable bonds is 5. The molecular weight excluding hydrogens is 258 g/mol. The molecule has 0 radical (unpaired) electrons. The molecule has 5 nitrogen and oxygen atoms in total. The molecule has 0 aliphatic carbocycles. The van der Waals surface area contributed by atoms with Crippen molar-refractivity contribution in [3.63, 3.8) is 0 Å². The zero-order valence-corrected chi connectivity index (χ0v) is 11.5. The van der Waals surface area contributed by atoms with Crippen LogP contribution in [0.1, 0.15) is 19.3 Å². The van der Waals surface area contributed by atoms with Crippen LogP contribution in [0.5, 0.6) is 17.2 Å². The first kappa shape index (κ1) is 13.2. The summed E-state index contributed by atoms with van der Waals surface area (Å²) in [5.41, 5.74) is 0. The number of nitrogens with zero attached hydrogens (tertiary/aromatic N) is 1. The minimum Gasteiger partial charge on any atom is -0.493 e. The molecule has 0 saturated carbocycles. The summed E-state index contributed by atoms with van der Waals surface area (Å²) in [6.07, 6.45) is 2.65. The second-order valence-corrected chi connectivity index (χ2v) is 5.14. The van der Waals surface area contributed by atoms with Gasteiger partial charge in [0.2, 0.25) is 6.79 Å². The highest BCUT2D eigenvalue weighted by Crippen LogP contribution is 2.35. The third-order valence-corrected chi connectivity index (χ3v) is 3.56. The summed E-state index contributed by atoms with van der Waals surface area (Å²) in [4.78, 5) is 13.5. The van der Waals surface area contributed by atoms with Gasteiger partial charge >= 0.3 is 0 Å². The quantitative estimate of drug-likeness (QED) is 0.769. The highest BCUT2D eigenvalue weighted by Gasteiger charge is 2.16. The Kier molecular flexibility index (Phi) is 4.06. The van der Waals surface area contributed by atoms with Gasteiger partial charge in [0.15, 0.2) is 11.5 Å². The van der Waals surface area contributed by atoms with Crippen LogP contribution >= 0.6 is 0 Å². The lowest BCUT2D eigenvalue weighted by Crippen LogP contribution is -2.36. The van der Waals surface area contributed by atoms with Gasteiger partial charge in [0, 0.05) is 19.0 Å². The van der Waals surface area contributed by atoms with Crippen LogP contribution in [-0.4, -0.2) is 43.7 Å². The number of carbonyl (C=O) groups is 1. The van der Waals surface area contributed by atoms with E-state index in [0.717, 1.165) is 49.6 Å². The lowest BCUT2D eigenvalue weighted by molar-refractivity contribution is -0.122. The van der Waals surface area contributed by atoms with E-state index in [-0.39, 0.29) is 6.79 Å². The van der Waals surface area contributed by atoms with Crippen molar-refractivity contribution in [2.45, 2.75) is 19.3 Å². The first-order valence-electron chi connectivity index (χ1n) is 7.08. The van der Waals surface area contributed by atoms with E-state index in [2.05, 4.69) is 4.90 Å². The zero-order valence-electron chi connectivity index (χ0n) is 11.5. The molecule has 0 amide bonds. The van der Waals surface area contributed by atoms with Gasteiger partial charge in [-0.25, -0.2) is 0 Å². The number of hydrogen-bond acceptors (Lipinski definition) is 5. The molecule has 20 heavy (non-hydrogen) atoms. The van der Waals surface area contributed by atoms with E-state index in [1.807, 2.05) is 18.2 Å². The molecule has 0 N–H and O–H groups in total. The Balaban J connectivity index is 1.40. The first-order valence-corrected chi connectivity index (χ1v) is 7.08. The van der Waals surface area contributed by atoms with Crippen molar-refractivity contribution in [3.8, 4) is 17.2 Å². The van der Waals surface area contributed by atoms with Gasteiger partial charge in [0.05, 0.1) is 13.2 Å². The SMILES string of the molecule is O=C1CCCN(CCCOc2ccc3c(c2)OCO3)C1. The predicted molar refractivity (Wildman–Crippen MR) is 73.4 cm³/mol. The Labute approximate surface area is 118 Å². The number of ketones is 1. The molecule has 0 aromatic heterocycles. The van der Waals surface area contributed by atoms with Crippen LogP contribution in [0.3, 0.4) is 0 Å². The third kappa shape index (κ3) is 3.22. The lowest BCUT2D eigenvalue weighted by atomic mass is 10.1. The van der Waals surface area contributed by atoms with Gasteiger partial charge in [-0.2, -0.15) is 0 Å². The molecule has 3 rings (SSSR count). The maximum atomic E-state index is 11.3. The lowest BCUT2D eigenvalue weighted by Gasteiger charge is -2.25. The summed E-state index contributed by atoms with van der Waals surface area (Å²) in [7, 11) is 0. The molecule has 0 atom stereocenters. The molecule has 5 heteroatoms. The summed E-state index contributed by atoms with van der Waals surface area (Å²) in [5.74, 6) is 2.66. The van der Waals surface area contributed by atoms with E-state index in [1.54, 1.807) is 0 Å². The van der Waals surface area contributed by atoms with Crippen molar-refractivity contribution in [1.29, 1.82) is 0 Å². The number of hydrogen-bond donors (Lipinski definition) is 0. The summed E-state index contributed by atoms with van der Waals surface area (Å²) in [5, 5.41) is 0. The fourth-order valence-electron chi connectivity index (χ4n) is 2.54. The molecule has 0 spiro atoms. The normalized spacial score (nSPS) is 18.3. The highest BCUT2D eigenvalue weighted by molar-refractivity contribution is 5.81. The smallest absolute Gasteiger partial charge is 0.231 e. The van der Waals surface area contributed by atoms with Crippen LogP contribution in [0.2, 0.25) is 0 Å². The van der Waals surface area contributed by atoms with Gasteiger partial charge in [-0.15, -0.1) is 0 Å². The Hall–Kier alpha value is -1.75. The van der Waals surface area contributed by atoms with E-state index < -0.39 is 0 Å². The highest BCUT2D eigenvalue weighted by atomic mass is 16.7. The summed E-state index contributed by atoms with van der Waals surface area (Å²) < 4.78 is 16.3. The van der Waals surface area contributed by atoms with E-state index in [0.29, 0.717) is 18.9 Å². The van der Waals surface area contributed by atoms with E-state index in [4.69, 9.17) is 14.2 Å². The maximum absolute atomic E-state index is 11.3. The van der Waals surface area contributed by atoms with Gasteiger partial charge in [-0.3, -0.25) is 9.69 Å². The minimum atomic E-state index is 0.280. The average Bonchev–Trinajstić information content (AvgIpc) is 2.91. The fourth-order valence-corrected chi connectivity index (χ4v) is 2.54. The zero-order chi connectivity index (χ0) is 13.8. The molecule has 2 aliphatic rings. The molecule has 1 saturated heterocycles. The number of benzene rings is 1. The number of carbonyl (C=O) groups excluding carboxylic acids is 1. The summed E-state index contributed by atoms with van der Waals surface area (Å²) in [6.45, 7) is 3.46. The van der Waals surface area contributed by atoms with Gasteiger partial charge < -0.3 is 14.2 Å². The van der Waals surface area contributed by atoms with Crippen LogP contribution in [0.15, 0.2) is 18.2 Å². The summed E-state index contributed by atoms with van der Waals surface area (Å²) in [6, 6.07) is 5.60. The van der Waals surface area contributed by atoms with Gasteiger partial charge in [-0.1, -0.05) is 0 Å². The molecule has 0 bridgehead atoms. The molecule has 108 valence electrons. The molecular formula is C15H19NO4. The summed E-state index contributed by atoms with van der Waals surface area (Å²) >= 11 is 0. The van der Waals surface area contributed by atoms with Crippen molar-refractivity contribution in [2.24, 2.45) is 0 Å². The number of ether oxygens (including phenoxy) is 3. The van der Waals surface area contributed by atoms with Gasteiger partial charge in [0.25, 0.3) is 0 Å². The van der Waals surface area contributed by atoms with Crippen LogP contribution in [0, 0.1) is 0 Å². The fraction of sp³-hybridized carbons (Fsp3) is 0.533. The number of fused-ring (bicyclic) bond motifs is 1.